The van der Waals surface area contributed by atoms with Crippen molar-refractivity contribution in [2.45, 2.75) is 12.8 Å². The summed E-state index contributed by atoms with van der Waals surface area (Å²) < 4.78 is 9.87. The third-order valence-corrected chi connectivity index (χ3v) is 1.82. The number of hydrogen-bond acceptors (Lipinski definition) is 4. The lowest BCUT2D eigenvalue weighted by atomic mass is 10.3. The van der Waals surface area contributed by atoms with Crippen molar-refractivity contribution in [3.63, 3.8) is 0 Å². The second kappa shape index (κ2) is 5.75. The van der Waals surface area contributed by atoms with Crippen molar-refractivity contribution >= 4 is 11.9 Å². The first-order chi connectivity index (χ1) is 7.61. The Morgan fingerprint density at radius 1 is 1.25 bits per heavy atom. The van der Waals surface area contributed by atoms with E-state index < -0.39 is 11.9 Å². The van der Waals surface area contributed by atoms with Gasteiger partial charge in [-0.25, -0.2) is 0 Å². The van der Waals surface area contributed by atoms with Crippen LogP contribution in [-0.2, 0) is 9.59 Å². The van der Waals surface area contributed by atoms with Gasteiger partial charge in [-0.05, 0) is 12.1 Å². The van der Waals surface area contributed by atoms with Crippen molar-refractivity contribution in [1.29, 1.82) is 0 Å². The van der Waals surface area contributed by atoms with Crippen LogP contribution in [0.5, 0.6) is 11.5 Å². The Morgan fingerprint density at radius 2 is 1.94 bits per heavy atom. The van der Waals surface area contributed by atoms with Crippen LogP contribution in [0.15, 0.2) is 24.3 Å². The Balaban J connectivity index is 2.52. The summed E-state index contributed by atoms with van der Waals surface area (Å²) in [7, 11) is 1.51. The molecule has 1 aromatic carbocycles. The number of ether oxygens (including phenoxy) is 2. The second-order valence-electron chi connectivity index (χ2n) is 3.05. The van der Waals surface area contributed by atoms with Gasteiger partial charge < -0.3 is 14.6 Å². The van der Waals surface area contributed by atoms with Crippen molar-refractivity contribution in [3.8, 4) is 11.5 Å². The Morgan fingerprint density at radius 3 is 2.56 bits per heavy atom. The summed E-state index contributed by atoms with van der Waals surface area (Å²) in [4.78, 5) is 21.4. The van der Waals surface area contributed by atoms with Gasteiger partial charge in [0.2, 0.25) is 0 Å². The molecule has 0 saturated heterocycles. The number of carbonyl (C=O) groups excluding carboxylic acids is 1. The first kappa shape index (κ1) is 12.0. The molecule has 0 atom stereocenters. The Labute approximate surface area is 92.6 Å². The predicted molar refractivity (Wildman–Crippen MR) is 55.5 cm³/mol. The van der Waals surface area contributed by atoms with Gasteiger partial charge in [-0.1, -0.05) is 6.07 Å². The molecule has 0 aliphatic carbocycles. The Bertz CT molecular complexity index is 386. The summed E-state index contributed by atoms with van der Waals surface area (Å²) in [6, 6.07) is 6.55. The minimum Gasteiger partial charge on any atom is -0.497 e. The molecule has 0 aliphatic heterocycles. The van der Waals surface area contributed by atoms with E-state index in [1.54, 1.807) is 24.3 Å². The first-order valence-corrected chi connectivity index (χ1v) is 4.68. The number of carbonyl (C=O) groups is 2. The molecule has 1 rings (SSSR count). The maximum atomic E-state index is 11.2. The maximum absolute atomic E-state index is 11.2. The van der Waals surface area contributed by atoms with Crippen LogP contribution in [0.3, 0.4) is 0 Å². The number of carboxylic acid groups (broad SMARTS) is 1. The van der Waals surface area contributed by atoms with Gasteiger partial charge in [-0.3, -0.25) is 9.59 Å². The van der Waals surface area contributed by atoms with Crippen LogP contribution in [0.2, 0.25) is 0 Å². The van der Waals surface area contributed by atoms with E-state index in [1.807, 2.05) is 0 Å². The highest BCUT2D eigenvalue weighted by molar-refractivity contribution is 5.78. The largest absolute Gasteiger partial charge is 0.497 e. The fourth-order valence-electron chi connectivity index (χ4n) is 1.06. The standard InChI is InChI=1S/C11H12O5/c1-15-8-3-2-4-9(7-8)16-11(14)6-5-10(12)13/h2-4,7H,5-6H2,1H3,(H,12,13). The zero-order valence-electron chi connectivity index (χ0n) is 8.80. The number of hydrogen-bond donors (Lipinski definition) is 1. The molecule has 5 heteroatoms. The van der Waals surface area contributed by atoms with Crippen LogP contribution in [0.1, 0.15) is 12.8 Å². The highest BCUT2D eigenvalue weighted by atomic mass is 16.5. The molecule has 16 heavy (non-hydrogen) atoms. The summed E-state index contributed by atoms with van der Waals surface area (Å²) in [5, 5.41) is 8.38. The van der Waals surface area contributed by atoms with E-state index in [9.17, 15) is 9.59 Å². The summed E-state index contributed by atoms with van der Waals surface area (Å²) in [6.07, 6.45) is -0.380. The van der Waals surface area contributed by atoms with E-state index in [2.05, 4.69) is 0 Å². The molecule has 0 spiro atoms. The monoisotopic (exact) mass is 224 g/mol. The number of esters is 1. The lowest BCUT2D eigenvalue weighted by molar-refractivity contribution is -0.142. The molecule has 0 amide bonds. The van der Waals surface area contributed by atoms with Gasteiger partial charge in [0, 0.05) is 6.07 Å². The third kappa shape index (κ3) is 4.00. The molecule has 1 aromatic rings. The average Bonchev–Trinajstić information content (AvgIpc) is 2.26. The van der Waals surface area contributed by atoms with Gasteiger partial charge in [0.1, 0.15) is 11.5 Å². The summed E-state index contributed by atoms with van der Waals surface area (Å²) >= 11 is 0. The Hall–Kier alpha value is -2.04. The molecule has 0 aliphatic rings. The lowest BCUT2D eigenvalue weighted by Gasteiger charge is -2.05. The van der Waals surface area contributed by atoms with E-state index in [1.165, 1.54) is 7.11 Å². The second-order valence-corrected chi connectivity index (χ2v) is 3.05. The third-order valence-electron chi connectivity index (χ3n) is 1.82. The highest BCUT2D eigenvalue weighted by Crippen LogP contribution is 2.19. The number of methoxy groups -OCH3 is 1. The molecule has 0 radical (unpaired) electrons. The number of carboxylic acids is 1. The molecule has 0 unspecified atom stereocenters. The van der Waals surface area contributed by atoms with Gasteiger partial charge in [-0.2, -0.15) is 0 Å². The minimum atomic E-state index is -1.03. The molecule has 0 saturated carbocycles. The van der Waals surface area contributed by atoms with Crippen LogP contribution in [0.25, 0.3) is 0 Å². The summed E-state index contributed by atoms with van der Waals surface area (Å²) in [6.45, 7) is 0. The number of rotatable bonds is 5. The summed E-state index contributed by atoms with van der Waals surface area (Å²) in [5.41, 5.74) is 0. The SMILES string of the molecule is COc1cccc(OC(=O)CCC(=O)O)c1. The van der Waals surface area contributed by atoms with Crippen molar-refractivity contribution < 1.29 is 24.2 Å². The van der Waals surface area contributed by atoms with Crippen LogP contribution >= 0.6 is 0 Å². The smallest absolute Gasteiger partial charge is 0.311 e. The Kier molecular flexibility index (Phi) is 4.32. The van der Waals surface area contributed by atoms with Gasteiger partial charge in [0.05, 0.1) is 20.0 Å². The average molecular weight is 224 g/mol. The molecule has 0 bridgehead atoms. The van der Waals surface area contributed by atoms with Crippen LogP contribution in [0.4, 0.5) is 0 Å². The molecule has 0 heterocycles. The van der Waals surface area contributed by atoms with E-state index in [0.29, 0.717) is 11.5 Å². The van der Waals surface area contributed by atoms with Crippen LogP contribution in [-0.4, -0.2) is 24.2 Å². The van der Waals surface area contributed by atoms with E-state index in [0.717, 1.165) is 0 Å². The van der Waals surface area contributed by atoms with Crippen molar-refractivity contribution in [3.05, 3.63) is 24.3 Å². The molecular weight excluding hydrogens is 212 g/mol. The van der Waals surface area contributed by atoms with Crippen LogP contribution < -0.4 is 9.47 Å². The van der Waals surface area contributed by atoms with Gasteiger partial charge in [0.25, 0.3) is 0 Å². The van der Waals surface area contributed by atoms with E-state index in [4.69, 9.17) is 14.6 Å². The topological polar surface area (TPSA) is 72.8 Å². The zero-order chi connectivity index (χ0) is 12.0. The zero-order valence-corrected chi connectivity index (χ0v) is 8.80. The van der Waals surface area contributed by atoms with Crippen molar-refractivity contribution in [1.82, 2.24) is 0 Å². The molecule has 0 fully saturated rings. The molecule has 86 valence electrons. The van der Waals surface area contributed by atoms with Gasteiger partial charge in [0.15, 0.2) is 0 Å². The number of aliphatic carboxylic acids is 1. The molecular formula is C11H12O5. The van der Waals surface area contributed by atoms with Crippen molar-refractivity contribution in [2.75, 3.05) is 7.11 Å². The maximum Gasteiger partial charge on any atom is 0.311 e. The molecule has 5 nitrogen and oxygen atoms in total. The minimum absolute atomic E-state index is 0.146. The molecule has 0 aromatic heterocycles. The molecule has 1 N–H and O–H groups in total. The van der Waals surface area contributed by atoms with Crippen LogP contribution in [0, 0.1) is 0 Å². The fraction of sp³-hybridized carbons (Fsp3) is 0.273. The quantitative estimate of drug-likeness (QED) is 0.605. The van der Waals surface area contributed by atoms with Gasteiger partial charge in [-0.15, -0.1) is 0 Å². The highest BCUT2D eigenvalue weighted by Gasteiger charge is 2.08. The van der Waals surface area contributed by atoms with Crippen molar-refractivity contribution in [2.24, 2.45) is 0 Å². The summed E-state index contributed by atoms with van der Waals surface area (Å²) in [5.74, 6) is -0.684. The van der Waals surface area contributed by atoms with E-state index >= 15 is 0 Å². The predicted octanol–water partition coefficient (Wildman–Crippen LogP) is 1.47. The first-order valence-electron chi connectivity index (χ1n) is 4.68. The van der Waals surface area contributed by atoms with Gasteiger partial charge >= 0.3 is 11.9 Å². The normalized spacial score (nSPS) is 9.56. The lowest BCUT2D eigenvalue weighted by Crippen LogP contribution is -2.10. The van der Waals surface area contributed by atoms with E-state index in [-0.39, 0.29) is 12.8 Å². The number of benzene rings is 1. The fourth-order valence-corrected chi connectivity index (χ4v) is 1.06.